The fourth-order valence-electron chi connectivity index (χ4n) is 5.73. The Labute approximate surface area is 258 Å². The summed E-state index contributed by atoms with van der Waals surface area (Å²) in [6.45, 7) is 2.35. The summed E-state index contributed by atoms with van der Waals surface area (Å²) in [7, 11) is -1.27. The van der Waals surface area contributed by atoms with E-state index >= 15 is 0 Å². The number of aromatic nitrogens is 1. The van der Waals surface area contributed by atoms with Gasteiger partial charge in [0, 0.05) is 53.1 Å². The lowest BCUT2D eigenvalue weighted by atomic mass is 9.95. The van der Waals surface area contributed by atoms with Gasteiger partial charge >= 0.3 is 0 Å². The van der Waals surface area contributed by atoms with Crippen LogP contribution in [-0.4, -0.2) is 36.9 Å². The number of fused-ring (bicyclic) bond motifs is 2. The van der Waals surface area contributed by atoms with E-state index in [4.69, 9.17) is 9.40 Å². The van der Waals surface area contributed by atoms with Gasteiger partial charge in [0.15, 0.2) is 0 Å². The highest BCUT2D eigenvalue weighted by Gasteiger charge is 2.37. The molecule has 2 N–H and O–H groups in total. The average molecular weight is 612 g/mol. The Morgan fingerprint density at radius 2 is 1.86 bits per heavy atom. The first-order valence-electron chi connectivity index (χ1n) is 14.9. The van der Waals surface area contributed by atoms with Crippen molar-refractivity contribution in [3.63, 3.8) is 0 Å². The molecule has 1 aliphatic heterocycles. The van der Waals surface area contributed by atoms with Crippen molar-refractivity contribution in [1.29, 1.82) is 0 Å². The molecule has 0 fully saturated rings. The number of halogens is 1. The summed E-state index contributed by atoms with van der Waals surface area (Å²) in [6.07, 6.45) is 2.12. The Morgan fingerprint density at radius 1 is 1.07 bits per heavy atom. The van der Waals surface area contributed by atoms with Gasteiger partial charge in [-0.25, -0.2) is 17.9 Å². The first-order valence-corrected chi connectivity index (χ1v) is 16.1. The third-order valence-electron chi connectivity index (χ3n) is 7.96. The van der Waals surface area contributed by atoms with Gasteiger partial charge in [-0.15, -0.1) is 0 Å². The maximum absolute atomic E-state index is 14.2. The van der Waals surface area contributed by atoms with Crippen LogP contribution in [0.1, 0.15) is 59.4 Å². The molecule has 0 radical (unpaired) electrons. The number of nitrogens with zero attached hydrogens (tertiary/aromatic N) is 2. The molecule has 2 aromatic heterocycles. The molecule has 1 aliphatic rings. The van der Waals surface area contributed by atoms with Crippen molar-refractivity contribution in [3.05, 3.63) is 113 Å². The second-order valence-electron chi connectivity index (χ2n) is 10.9. The van der Waals surface area contributed by atoms with E-state index in [1.165, 1.54) is 6.07 Å². The molecule has 1 unspecified atom stereocenters. The molecule has 0 spiro atoms. The number of unbranched alkanes of at least 4 members (excludes halogenated alkanes) is 1. The third-order valence-corrected chi connectivity index (χ3v) is 9.51. The zero-order valence-electron chi connectivity index (χ0n) is 24.5. The second kappa shape index (κ2) is 13.2. The van der Waals surface area contributed by atoms with Gasteiger partial charge in [-0.2, -0.15) is 0 Å². The number of benzene rings is 3. The summed E-state index contributed by atoms with van der Waals surface area (Å²) in [5.41, 5.74) is 5.25. The molecule has 0 aliphatic carbocycles. The van der Waals surface area contributed by atoms with Gasteiger partial charge in [-0.3, -0.25) is 4.79 Å². The molecule has 3 aromatic carbocycles. The predicted molar refractivity (Wildman–Crippen MR) is 170 cm³/mol. The fraction of sp³-hybridized carbons (Fsp3) is 0.257. The van der Waals surface area contributed by atoms with Gasteiger partial charge < -0.3 is 14.8 Å². The van der Waals surface area contributed by atoms with E-state index in [2.05, 4.69) is 12.2 Å². The standard InChI is InChI=1S/C35H34FN3O4S/c1-2-3-17-44(42)39-22-27-19-29(35(41)37-21-26-10-4-6-13-28(26)36)38-34(33(27)30(39)15-16-40)25-12-8-11-23(18-25)32-20-24-9-5-7-14-31(24)43-32/h4-14,18-20,30,40H,2-3,15-17,21-22H2,1H3,(H,37,41)/t30-,44?/m1/s1. The van der Waals surface area contributed by atoms with Gasteiger partial charge in [0.25, 0.3) is 5.91 Å². The van der Waals surface area contributed by atoms with Crippen LogP contribution in [0.4, 0.5) is 4.39 Å². The van der Waals surface area contributed by atoms with Gasteiger partial charge in [0.2, 0.25) is 0 Å². The smallest absolute Gasteiger partial charge is 0.270 e. The summed E-state index contributed by atoms with van der Waals surface area (Å²) < 4.78 is 35.7. The zero-order chi connectivity index (χ0) is 30.6. The van der Waals surface area contributed by atoms with Crippen LogP contribution in [0.5, 0.6) is 0 Å². The number of furan rings is 1. The number of carbonyl (C=O) groups excluding carboxylic acids is 1. The van der Waals surface area contributed by atoms with Crippen molar-refractivity contribution in [2.45, 2.75) is 45.3 Å². The Hall–Kier alpha value is -4.18. The van der Waals surface area contributed by atoms with Crippen molar-refractivity contribution >= 4 is 27.9 Å². The Morgan fingerprint density at radius 3 is 2.66 bits per heavy atom. The van der Waals surface area contributed by atoms with E-state index in [0.29, 0.717) is 35.7 Å². The molecule has 2 atom stereocenters. The topological polar surface area (TPSA) is 95.7 Å². The molecule has 1 amide bonds. The number of rotatable bonds is 11. The SMILES string of the molecule is CCCCS(=O)N1Cc2cc(C(=O)NCc3ccccc3F)nc(-c3cccc(-c4cc5ccccc5o4)c3)c2[C@H]1CCO. The van der Waals surface area contributed by atoms with Crippen LogP contribution >= 0.6 is 0 Å². The third kappa shape index (κ3) is 6.08. The maximum atomic E-state index is 14.2. The van der Waals surface area contributed by atoms with E-state index in [1.54, 1.807) is 24.3 Å². The van der Waals surface area contributed by atoms with Crippen molar-refractivity contribution < 1.29 is 22.9 Å². The quantitative estimate of drug-likeness (QED) is 0.169. The number of hydrogen-bond acceptors (Lipinski definition) is 5. The normalized spacial score (nSPS) is 15.4. The highest BCUT2D eigenvalue weighted by atomic mass is 32.2. The van der Waals surface area contributed by atoms with Crippen LogP contribution in [0, 0.1) is 5.82 Å². The Bertz CT molecular complexity index is 1810. The molecule has 44 heavy (non-hydrogen) atoms. The second-order valence-corrected chi connectivity index (χ2v) is 12.4. The molecule has 5 aromatic rings. The lowest BCUT2D eigenvalue weighted by molar-refractivity contribution is 0.0945. The molecular formula is C35H34FN3O4S. The van der Waals surface area contributed by atoms with E-state index < -0.39 is 22.7 Å². The monoisotopic (exact) mass is 611 g/mol. The number of pyridine rings is 1. The molecular weight excluding hydrogens is 577 g/mol. The largest absolute Gasteiger partial charge is 0.456 e. The van der Waals surface area contributed by atoms with E-state index in [-0.39, 0.29) is 24.9 Å². The fourth-order valence-corrected chi connectivity index (χ4v) is 7.28. The maximum Gasteiger partial charge on any atom is 0.270 e. The molecule has 9 heteroatoms. The summed E-state index contributed by atoms with van der Waals surface area (Å²) in [6, 6.07) is 25.3. The Balaban J connectivity index is 1.42. The van der Waals surface area contributed by atoms with E-state index in [0.717, 1.165) is 46.1 Å². The van der Waals surface area contributed by atoms with Crippen LogP contribution in [0.3, 0.4) is 0 Å². The van der Waals surface area contributed by atoms with E-state index in [1.807, 2.05) is 58.9 Å². The van der Waals surface area contributed by atoms with Crippen molar-refractivity contribution in [2.75, 3.05) is 12.4 Å². The molecule has 0 saturated carbocycles. The van der Waals surface area contributed by atoms with Crippen LogP contribution < -0.4 is 5.32 Å². The zero-order valence-corrected chi connectivity index (χ0v) is 25.3. The summed E-state index contributed by atoms with van der Waals surface area (Å²) in [5.74, 6) is 0.398. The van der Waals surface area contributed by atoms with Gasteiger partial charge in [0.05, 0.1) is 22.7 Å². The van der Waals surface area contributed by atoms with Crippen LogP contribution in [-0.2, 0) is 24.1 Å². The number of amides is 1. The number of nitrogens with one attached hydrogen (secondary N) is 1. The number of hydrogen-bond donors (Lipinski definition) is 2. The summed E-state index contributed by atoms with van der Waals surface area (Å²) in [4.78, 5) is 18.3. The average Bonchev–Trinajstić information content (AvgIpc) is 3.65. The molecule has 0 saturated heterocycles. The lowest BCUT2D eigenvalue weighted by Gasteiger charge is -2.24. The van der Waals surface area contributed by atoms with Crippen molar-refractivity contribution in [2.24, 2.45) is 0 Å². The molecule has 3 heterocycles. The Kier molecular flexibility index (Phi) is 8.97. The predicted octanol–water partition coefficient (Wildman–Crippen LogP) is 6.93. The summed E-state index contributed by atoms with van der Waals surface area (Å²) >= 11 is 0. The number of para-hydroxylation sites is 1. The highest BCUT2D eigenvalue weighted by Crippen LogP contribution is 2.43. The van der Waals surface area contributed by atoms with Crippen LogP contribution in [0.2, 0.25) is 0 Å². The van der Waals surface area contributed by atoms with Crippen LogP contribution in [0.25, 0.3) is 33.6 Å². The molecule has 0 bridgehead atoms. The molecule has 226 valence electrons. The molecule has 6 rings (SSSR count). The first-order chi connectivity index (χ1) is 21.5. The summed E-state index contributed by atoms with van der Waals surface area (Å²) in [5, 5.41) is 13.8. The van der Waals surface area contributed by atoms with Crippen molar-refractivity contribution in [1.82, 2.24) is 14.6 Å². The van der Waals surface area contributed by atoms with Crippen molar-refractivity contribution in [3.8, 4) is 22.6 Å². The number of aliphatic hydroxyl groups is 1. The minimum atomic E-state index is -1.27. The highest BCUT2D eigenvalue weighted by molar-refractivity contribution is 7.82. The minimum Gasteiger partial charge on any atom is -0.456 e. The minimum absolute atomic E-state index is 0.0153. The number of carbonyl (C=O) groups is 1. The molecule has 7 nitrogen and oxygen atoms in total. The first kappa shape index (κ1) is 29.9. The lowest BCUT2D eigenvalue weighted by Crippen LogP contribution is -2.27. The van der Waals surface area contributed by atoms with Crippen LogP contribution in [0.15, 0.2) is 89.3 Å². The van der Waals surface area contributed by atoms with Gasteiger partial charge in [-0.1, -0.05) is 67.9 Å². The van der Waals surface area contributed by atoms with E-state index in [9.17, 15) is 18.5 Å². The van der Waals surface area contributed by atoms with Gasteiger partial charge in [-0.05, 0) is 48.7 Å². The number of aliphatic hydroxyl groups excluding tert-OH is 1. The van der Waals surface area contributed by atoms with Gasteiger partial charge in [0.1, 0.15) is 22.9 Å².